The number of aliphatic imine (C=N–C) groups is 1. The third kappa shape index (κ3) is 1.41. The highest BCUT2D eigenvalue weighted by Crippen LogP contribution is 2.13. The van der Waals surface area contributed by atoms with E-state index < -0.39 is 0 Å². The molecule has 0 saturated carbocycles. The van der Waals surface area contributed by atoms with Gasteiger partial charge in [0.25, 0.3) is 0 Å². The Morgan fingerprint density at radius 1 is 1.25 bits per heavy atom. The van der Waals surface area contributed by atoms with Crippen LogP contribution in [0.1, 0.15) is 0 Å². The number of ether oxygens (including phenoxy) is 2. The second-order valence-electron chi connectivity index (χ2n) is 2.17. The van der Waals surface area contributed by atoms with Gasteiger partial charge in [0, 0.05) is 19.2 Å². The van der Waals surface area contributed by atoms with Crippen molar-refractivity contribution in [2.45, 2.75) is 0 Å². The van der Waals surface area contributed by atoms with Gasteiger partial charge in [-0.3, -0.25) is 4.99 Å². The molecule has 0 aliphatic heterocycles. The molecule has 3 heteroatoms. The lowest BCUT2D eigenvalue weighted by Crippen LogP contribution is -2.08. The van der Waals surface area contributed by atoms with Crippen molar-refractivity contribution in [2.75, 3.05) is 21.3 Å². The molecule has 0 atom stereocenters. The minimum atomic E-state index is 0.652. The van der Waals surface area contributed by atoms with Crippen LogP contribution >= 0.6 is 0 Å². The zero-order chi connectivity index (χ0) is 8.97. The molecule has 0 heterocycles. The fourth-order valence-corrected chi connectivity index (χ4v) is 0.976. The fourth-order valence-electron chi connectivity index (χ4n) is 0.976. The number of rotatable bonds is 2. The van der Waals surface area contributed by atoms with Crippen LogP contribution in [0.2, 0.25) is 0 Å². The lowest BCUT2D eigenvalue weighted by molar-refractivity contribution is 0.247. The van der Waals surface area contributed by atoms with Crippen LogP contribution in [-0.2, 0) is 9.47 Å². The van der Waals surface area contributed by atoms with E-state index in [1.165, 1.54) is 0 Å². The summed E-state index contributed by atoms with van der Waals surface area (Å²) in [6.07, 6.45) is 3.47. The zero-order valence-electron chi connectivity index (χ0n) is 7.42. The van der Waals surface area contributed by atoms with E-state index in [9.17, 15) is 0 Å². The minimum absolute atomic E-state index is 0.652. The average molecular weight is 165 g/mol. The maximum absolute atomic E-state index is 5.12. The molecular weight excluding hydrogens is 154 g/mol. The van der Waals surface area contributed by atoms with E-state index in [2.05, 4.69) is 10.7 Å². The molecule has 0 spiro atoms. The van der Waals surface area contributed by atoms with Gasteiger partial charge >= 0.3 is 0 Å². The maximum Gasteiger partial charge on any atom is 0.187 e. The summed E-state index contributed by atoms with van der Waals surface area (Å²) >= 11 is 0. The second kappa shape index (κ2) is 3.79. The minimum Gasteiger partial charge on any atom is -0.492 e. The molecule has 0 bridgehead atoms. The Balaban J connectivity index is 3.13. The fraction of sp³-hybridized carbons (Fsp3) is 0.333. The van der Waals surface area contributed by atoms with E-state index in [-0.39, 0.29) is 0 Å². The summed E-state index contributed by atoms with van der Waals surface area (Å²) in [5.41, 5.74) is 3.65. The zero-order valence-corrected chi connectivity index (χ0v) is 7.42. The molecule has 1 rings (SSSR count). The third-order valence-electron chi connectivity index (χ3n) is 1.56. The summed E-state index contributed by atoms with van der Waals surface area (Å²) in [5, 5.41) is 0. The van der Waals surface area contributed by atoms with Gasteiger partial charge in [0.05, 0.1) is 14.2 Å². The molecule has 12 heavy (non-hydrogen) atoms. The summed E-state index contributed by atoms with van der Waals surface area (Å²) in [7, 11) is 4.88. The molecule has 0 aromatic heterocycles. The van der Waals surface area contributed by atoms with Crippen LogP contribution in [0, 0.1) is 0 Å². The van der Waals surface area contributed by atoms with E-state index in [0.717, 1.165) is 5.71 Å². The summed E-state index contributed by atoms with van der Waals surface area (Å²) in [5.74, 6) is 1.30. The SMILES string of the molecule is CN=C1C=C=CC(OC)=C1OC. The van der Waals surface area contributed by atoms with Crippen molar-refractivity contribution in [1.82, 2.24) is 0 Å². The lowest BCUT2D eigenvalue weighted by atomic mass is 10.2. The number of nitrogens with zero attached hydrogens (tertiary/aromatic N) is 1. The van der Waals surface area contributed by atoms with Crippen LogP contribution in [0.15, 0.2) is 34.4 Å². The van der Waals surface area contributed by atoms with Crippen LogP contribution in [0.5, 0.6) is 0 Å². The molecule has 0 unspecified atom stereocenters. The molecule has 1 aliphatic carbocycles. The standard InChI is InChI=1S/C9H11NO2/c1-10-7-5-4-6-8(11-2)9(7)12-3/h5-6H,1-3H3. The predicted molar refractivity (Wildman–Crippen MR) is 47.1 cm³/mol. The lowest BCUT2D eigenvalue weighted by Gasteiger charge is -2.11. The van der Waals surface area contributed by atoms with Gasteiger partial charge in [-0.2, -0.15) is 0 Å². The van der Waals surface area contributed by atoms with E-state index in [0.29, 0.717) is 11.5 Å². The molecule has 0 aromatic rings. The van der Waals surface area contributed by atoms with Gasteiger partial charge in [-0.15, -0.1) is 5.73 Å². The predicted octanol–water partition coefficient (Wildman–Crippen LogP) is 1.29. The van der Waals surface area contributed by atoms with Gasteiger partial charge in [-0.1, -0.05) is 0 Å². The Labute approximate surface area is 71.7 Å². The van der Waals surface area contributed by atoms with Gasteiger partial charge in [-0.25, -0.2) is 0 Å². The Hall–Kier alpha value is -1.47. The quantitative estimate of drug-likeness (QED) is 0.577. The number of allylic oxidation sites excluding steroid dienone is 2. The molecule has 0 saturated heterocycles. The highest BCUT2D eigenvalue weighted by Gasteiger charge is 2.12. The molecule has 0 fully saturated rings. The first kappa shape index (κ1) is 8.62. The van der Waals surface area contributed by atoms with Gasteiger partial charge in [0.15, 0.2) is 11.5 Å². The molecular formula is C9H11NO2. The normalized spacial score (nSPS) is 18.8. The van der Waals surface area contributed by atoms with Crippen molar-refractivity contribution in [1.29, 1.82) is 0 Å². The van der Waals surface area contributed by atoms with Gasteiger partial charge in [-0.05, 0) is 0 Å². The van der Waals surface area contributed by atoms with Crippen LogP contribution < -0.4 is 0 Å². The molecule has 1 aliphatic rings. The largest absolute Gasteiger partial charge is 0.492 e. The summed E-state index contributed by atoms with van der Waals surface area (Å²) in [6, 6.07) is 0. The van der Waals surface area contributed by atoms with Gasteiger partial charge in [0.2, 0.25) is 0 Å². The molecule has 0 amide bonds. The molecule has 0 radical (unpaired) electrons. The van der Waals surface area contributed by atoms with Crippen molar-refractivity contribution in [3.8, 4) is 0 Å². The van der Waals surface area contributed by atoms with Crippen molar-refractivity contribution in [2.24, 2.45) is 4.99 Å². The smallest absolute Gasteiger partial charge is 0.187 e. The van der Waals surface area contributed by atoms with E-state index >= 15 is 0 Å². The summed E-state index contributed by atoms with van der Waals surface area (Å²) < 4.78 is 10.2. The third-order valence-corrected chi connectivity index (χ3v) is 1.56. The Morgan fingerprint density at radius 3 is 2.50 bits per heavy atom. The van der Waals surface area contributed by atoms with Crippen molar-refractivity contribution in [3.05, 3.63) is 29.4 Å². The highest BCUT2D eigenvalue weighted by molar-refractivity contribution is 6.08. The topological polar surface area (TPSA) is 30.8 Å². The number of hydrogen-bond acceptors (Lipinski definition) is 3. The first-order chi connectivity index (χ1) is 5.83. The summed E-state index contributed by atoms with van der Waals surface area (Å²) in [4.78, 5) is 4.01. The van der Waals surface area contributed by atoms with Crippen molar-refractivity contribution in [3.63, 3.8) is 0 Å². The van der Waals surface area contributed by atoms with E-state index in [4.69, 9.17) is 9.47 Å². The first-order valence-corrected chi connectivity index (χ1v) is 3.55. The molecule has 0 aromatic carbocycles. The first-order valence-electron chi connectivity index (χ1n) is 3.55. The summed E-state index contributed by atoms with van der Waals surface area (Å²) in [6.45, 7) is 0. The molecule has 3 nitrogen and oxygen atoms in total. The monoisotopic (exact) mass is 165 g/mol. The number of methoxy groups -OCH3 is 2. The molecule has 0 N–H and O–H groups in total. The van der Waals surface area contributed by atoms with Crippen LogP contribution in [0.4, 0.5) is 0 Å². The van der Waals surface area contributed by atoms with Gasteiger partial charge in [0.1, 0.15) is 5.71 Å². The Kier molecular flexibility index (Phi) is 2.72. The Morgan fingerprint density at radius 2 is 2.00 bits per heavy atom. The second-order valence-corrected chi connectivity index (χ2v) is 2.17. The maximum atomic E-state index is 5.12. The Bertz CT molecular complexity index is 294. The van der Waals surface area contributed by atoms with Crippen molar-refractivity contribution >= 4 is 5.71 Å². The van der Waals surface area contributed by atoms with E-state index in [1.807, 2.05) is 0 Å². The van der Waals surface area contributed by atoms with Crippen LogP contribution in [0.3, 0.4) is 0 Å². The van der Waals surface area contributed by atoms with Gasteiger partial charge < -0.3 is 9.47 Å². The van der Waals surface area contributed by atoms with Crippen LogP contribution in [-0.4, -0.2) is 27.0 Å². The van der Waals surface area contributed by atoms with E-state index in [1.54, 1.807) is 33.4 Å². The molecule has 64 valence electrons. The number of hydrogen-bond donors (Lipinski definition) is 0. The van der Waals surface area contributed by atoms with Crippen molar-refractivity contribution < 1.29 is 9.47 Å². The highest BCUT2D eigenvalue weighted by atomic mass is 16.5. The van der Waals surface area contributed by atoms with Crippen LogP contribution in [0.25, 0.3) is 0 Å². The average Bonchev–Trinajstić information content (AvgIpc) is 2.16.